The predicted molar refractivity (Wildman–Crippen MR) is 73.3 cm³/mol. The Kier molecular flexibility index (Phi) is 3.29. The van der Waals surface area contributed by atoms with E-state index in [4.69, 9.17) is 4.74 Å². The summed E-state index contributed by atoms with van der Waals surface area (Å²) in [6, 6.07) is 2.09. The number of Topliss-reactive ketones (excluding diaryl/α,β-unsaturated/α-hetero) is 1. The van der Waals surface area contributed by atoms with E-state index >= 15 is 0 Å². The Labute approximate surface area is 112 Å². The van der Waals surface area contributed by atoms with Crippen LogP contribution in [-0.4, -0.2) is 18.0 Å². The van der Waals surface area contributed by atoms with Gasteiger partial charge in [-0.15, -0.1) is 11.3 Å². The highest BCUT2D eigenvalue weighted by Gasteiger charge is 2.44. The van der Waals surface area contributed by atoms with Gasteiger partial charge in [0.15, 0.2) is 5.78 Å². The number of thiophene rings is 1. The molecule has 3 rings (SSSR count). The Morgan fingerprint density at radius 2 is 2.39 bits per heavy atom. The molecule has 0 aromatic carbocycles. The maximum absolute atomic E-state index is 12.6. The Bertz CT molecular complexity index is 445. The minimum absolute atomic E-state index is 0.0716. The maximum atomic E-state index is 12.6. The first-order valence-electron chi connectivity index (χ1n) is 6.99. The number of hydrogen-bond acceptors (Lipinski definition) is 3. The van der Waals surface area contributed by atoms with Gasteiger partial charge < -0.3 is 4.74 Å². The summed E-state index contributed by atoms with van der Waals surface area (Å²) in [6.45, 7) is 2.89. The van der Waals surface area contributed by atoms with E-state index in [0.29, 0.717) is 5.78 Å². The van der Waals surface area contributed by atoms with Gasteiger partial charge in [0.25, 0.3) is 0 Å². The fourth-order valence-electron chi connectivity index (χ4n) is 3.19. The van der Waals surface area contributed by atoms with Crippen molar-refractivity contribution in [1.82, 2.24) is 0 Å². The monoisotopic (exact) mass is 264 g/mol. The number of ether oxygens (including phenoxy) is 1. The molecular weight excluding hydrogens is 244 g/mol. The molecule has 2 heterocycles. The molecule has 1 aliphatic carbocycles. The molecule has 1 spiro atoms. The van der Waals surface area contributed by atoms with Crippen molar-refractivity contribution in [2.45, 2.75) is 51.0 Å². The molecule has 2 nitrogen and oxygen atoms in total. The summed E-state index contributed by atoms with van der Waals surface area (Å²) in [4.78, 5) is 13.6. The largest absolute Gasteiger partial charge is 0.375 e. The normalized spacial score (nSPS) is 25.9. The van der Waals surface area contributed by atoms with Crippen LogP contribution < -0.4 is 0 Å². The molecule has 0 amide bonds. The van der Waals surface area contributed by atoms with Gasteiger partial charge in [0.05, 0.1) is 10.5 Å². The van der Waals surface area contributed by atoms with Gasteiger partial charge in [-0.25, -0.2) is 0 Å². The molecule has 18 heavy (non-hydrogen) atoms. The molecule has 1 unspecified atom stereocenters. The van der Waals surface area contributed by atoms with Gasteiger partial charge in [-0.2, -0.15) is 0 Å². The van der Waals surface area contributed by atoms with Gasteiger partial charge >= 0.3 is 0 Å². The van der Waals surface area contributed by atoms with E-state index < -0.39 is 0 Å². The lowest BCUT2D eigenvalue weighted by Crippen LogP contribution is -2.47. The number of aryl methyl sites for hydroxylation is 1. The Balaban J connectivity index is 1.76. The van der Waals surface area contributed by atoms with Crippen LogP contribution in [0.2, 0.25) is 0 Å². The van der Waals surface area contributed by atoms with Gasteiger partial charge in [-0.1, -0.05) is 6.92 Å². The maximum Gasteiger partial charge on any atom is 0.176 e. The Morgan fingerprint density at radius 1 is 1.56 bits per heavy atom. The summed E-state index contributed by atoms with van der Waals surface area (Å²) in [5.74, 6) is 0.569. The van der Waals surface area contributed by atoms with Crippen molar-refractivity contribution in [1.29, 1.82) is 0 Å². The summed E-state index contributed by atoms with van der Waals surface area (Å²) < 4.78 is 5.91. The number of rotatable bonds is 3. The van der Waals surface area contributed by atoms with Crippen LogP contribution in [0.25, 0.3) is 0 Å². The van der Waals surface area contributed by atoms with E-state index in [1.165, 1.54) is 12.0 Å². The second-order valence-corrected chi connectivity index (χ2v) is 6.48. The molecule has 1 saturated carbocycles. The van der Waals surface area contributed by atoms with Crippen LogP contribution >= 0.6 is 11.3 Å². The van der Waals surface area contributed by atoms with Gasteiger partial charge in [0.1, 0.15) is 0 Å². The first kappa shape index (κ1) is 12.4. The standard InChI is InChI=1S/C15H20O2S/c1-2-11-5-9-18-14(11)13(16)12-4-8-17-15(10-12)6-3-7-15/h5,9,12H,2-4,6-8,10H2,1H3. The fourth-order valence-corrected chi connectivity index (χ4v) is 4.20. The van der Waals surface area contributed by atoms with Crippen molar-refractivity contribution >= 4 is 17.1 Å². The van der Waals surface area contributed by atoms with E-state index in [1.54, 1.807) is 11.3 Å². The summed E-state index contributed by atoms with van der Waals surface area (Å²) >= 11 is 1.61. The van der Waals surface area contributed by atoms with Crippen LogP contribution in [0.15, 0.2) is 11.4 Å². The fraction of sp³-hybridized carbons (Fsp3) is 0.667. The van der Waals surface area contributed by atoms with Crippen molar-refractivity contribution in [2.24, 2.45) is 5.92 Å². The second kappa shape index (κ2) is 4.78. The molecule has 0 N–H and O–H groups in total. The third-order valence-corrected chi connectivity index (χ3v) is 5.45. The van der Waals surface area contributed by atoms with Crippen molar-refractivity contribution in [3.8, 4) is 0 Å². The van der Waals surface area contributed by atoms with Gasteiger partial charge in [0.2, 0.25) is 0 Å². The Morgan fingerprint density at radius 3 is 3.06 bits per heavy atom. The van der Waals surface area contributed by atoms with Crippen LogP contribution in [0.4, 0.5) is 0 Å². The summed E-state index contributed by atoms with van der Waals surface area (Å²) in [5.41, 5.74) is 1.29. The van der Waals surface area contributed by atoms with E-state index in [9.17, 15) is 4.79 Å². The number of carbonyl (C=O) groups excluding carboxylic acids is 1. The lowest BCUT2D eigenvalue weighted by molar-refractivity contribution is -0.137. The Hall–Kier alpha value is -0.670. The molecule has 0 bridgehead atoms. The minimum Gasteiger partial charge on any atom is -0.375 e. The molecule has 1 aliphatic heterocycles. The zero-order chi connectivity index (χ0) is 12.6. The van der Waals surface area contributed by atoms with Crippen molar-refractivity contribution in [2.75, 3.05) is 6.61 Å². The predicted octanol–water partition coefficient (Wildman–Crippen LogP) is 3.84. The quantitative estimate of drug-likeness (QED) is 0.775. The van der Waals surface area contributed by atoms with Crippen LogP contribution in [-0.2, 0) is 11.2 Å². The molecule has 2 aliphatic rings. The van der Waals surface area contributed by atoms with Gasteiger partial charge in [-0.3, -0.25) is 4.79 Å². The van der Waals surface area contributed by atoms with Crippen molar-refractivity contribution in [3.05, 3.63) is 21.9 Å². The number of hydrogen-bond donors (Lipinski definition) is 0. The van der Waals surface area contributed by atoms with E-state index in [0.717, 1.165) is 43.6 Å². The van der Waals surface area contributed by atoms with E-state index in [-0.39, 0.29) is 11.5 Å². The highest BCUT2D eigenvalue weighted by Crippen LogP contribution is 2.45. The van der Waals surface area contributed by atoms with E-state index in [1.807, 2.05) is 5.38 Å². The number of ketones is 1. The average molecular weight is 264 g/mol. The van der Waals surface area contributed by atoms with Crippen LogP contribution in [0.3, 0.4) is 0 Å². The molecule has 3 heteroatoms. The molecule has 98 valence electrons. The topological polar surface area (TPSA) is 26.3 Å². The molecule has 1 atom stereocenters. The summed E-state index contributed by atoms with van der Waals surface area (Å²) in [7, 11) is 0. The van der Waals surface area contributed by atoms with Gasteiger partial charge in [-0.05, 0) is 55.5 Å². The van der Waals surface area contributed by atoms with Crippen LogP contribution in [0.1, 0.15) is 54.3 Å². The van der Waals surface area contributed by atoms with E-state index in [2.05, 4.69) is 13.0 Å². The first-order valence-corrected chi connectivity index (χ1v) is 7.86. The SMILES string of the molecule is CCc1ccsc1C(=O)C1CCOC2(CCC2)C1. The molecule has 1 aromatic rings. The lowest BCUT2D eigenvalue weighted by Gasteiger charge is -2.46. The zero-order valence-electron chi connectivity index (χ0n) is 10.9. The minimum atomic E-state index is 0.0716. The third kappa shape index (κ3) is 2.04. The summed E-state index contributed by atoms with van der Waals surface area (Å²) in [6.07, 6.45) is 6.39. The lowest BCUT2D eigenvalue weighted by atomic mass is 9.71. The molecular formula is C15H20O2S. The highest BCUT2D eigenvalue weighted by molar-refractivity contribution is 7.12. The molecule has 1 saturated heterocycles. The van der Waals surface area contributed by atoms with Crippen molar-refractivity contribution < 1.29 is 9.53 Å². The smallest absolute Gasteiger partial charge is 0.176 e. The first-order chi connectivity index (χ1) is 8.74. The highest BCUT2D eigenvalue weighted by atomic mass is 32.1. The molecule has 1 aromatic heterocycles. The summed E-state index contributed by atoms with van der Waals surface area (Å²) in [5, 5.41) is 2.05. The molecule has 2 fully saturated rings. The van der Waals surface area contributed by atoms with Crippen LogP contribution in [0, 0.1) is 5.92 Å². The molecule has 0 radical (unpaired) electrons. The van der Waals surface area contributed by atoms with Gasteiger partial charge in [0, 0.05) is 12.5 Å². The zero-order valence-corrected chi connectivity index (χ0v) is 11.7. The number of carbonyl (C=O) groups is 1. The van der Waals surface area contributed by atoms with Crippen molar-refractivity contribution in [3.63, 3.8) is 0 Å². The van der Waals surface area contributed by atoms with Crippen LogP contribution in [0.5, 0.6) is 0 Å². The average Bonchev–Trinajstić information content (AvgIpc) is 2.84. The second-order valence-electron chi connectivity index (χ2n) is 5.57. The third-order valence-electron chi connectivity index (χ3n) is 4.48.